The van der Waals surface area contributed by atoms with E-state index < -0.39 is 0 Å². The highest BCUT2D eigenvalue weighted by atomic mass is 79.9. The first-order chi connectivity index (χ1) is 9.12. The van der Waals surface area contributed by atoms with Crippen molar-refractivity contribution >= 4 is 15.9 Å². The monoisotopic (exact) mass is 327 g/mol. The van der Waals surface area contributed by atoms with E-state index >= 15 is 0 Å². The van der Waals surface area contributed by atoms with Gasteiger partial charge in [0.05, 0.1) is 18.2 Å². The van der Waals surface area contributed by atoms with E-state index in [9.17, 15) is 5.11 Å². The number of halogens is 1. The third-order valence-electron chi connectivity index (χ3n) is 3.98. The van der Waals surface area contributed by atoms with Gasteiger partial charge in [-0.25, -0.2) is 0 Å². The van der Waals surface area contributed by atoms with Crippen molar-refractivity contribution < 1.29 is 9.84 Å². The van der Waals surface area contributed by atoms with Crippen LogP contribution in [0.4, 0.5) is 0 Å². The van der Waals surface area contributed by atoms with Crippen LogP contribution in [0.3, 0.4) is 0 Å². The zero-order valence-electron chi connectivity index (χ0n) is 11.4. The van der Waals surface area contributed by atoms with E-state index in [1.165, 1.54) is 18.4 Å². The number of benzene rings is 1. The number of nitrogens with two attached hydrogens (primary N) is 1. The molecule has 19 heavy (non-hydrogen) atoms. The van der Waals surface area contributed by atoms with Gasteiger partial charge in [0.25, 0.3) is 0 Å². The maximum atomic E-state index is 9.77. The maximum Gasteiger partial charge on any atom is 0.133 e. The fourth-order valence-electron chi connectivity index (χ4n) is 2.60. The Morgan fingerprint density at radius 1 is 1.47 bits per heavy atom. The Hall–Kier alpha value is -0.580. The van der Waals surface area contributed by atoms with Gasteiger partial charge in [0.15, 0.2) is 0 Å². The first-order valence-electron chi connectivity index (χ1n) is 6.76. The quantitative estimate of drug-likeness (QED) is 0.809. The number of aliphatic hydroxyl groups is 1. The van der Waals surface area contributed by atoms with Gasteiger partial charge < -0.3 is 15.6 Å². The Balaban J connectivity index is 2.13. The van der Waals surface area contributed by atoms with Crippen LogP contribution in [-0.2, 0) is 6.42 Å². The molecule has 0 heterocycles. The van der Waals surface area contributed by atoms with Crippen molar-refractivity contribution in [2.45, 2.75) is 25.7 Å². The van der Waals surface area contributed by atoms with Crippen LogP contribution in [0, 0.1) is 11.3 Å². The molecule has 1 fully saturated rings. The summed E-state index contributed by atoms with van der Waals surface area (Å²) in [4.78, 5) is 0. The number of hydrogen-bond donors (Lipinski definition) is 2. The lowest BCUT2D eigenvalue weighted by Crippen LogP contribution is -2.37. The molecule has 1 aromatic rings. The number of hydrogen-bond acceptors (Lipinski definition) is 3. The van der Waals surface area contributed by atoms with Crippen LogP contribution in [0.25, 0.3) is 0 Å². The Kier molecular flexibility index (Phi) is 4.87. The number of ether oxygens (including phenoxy) is 1. The number of methoxy groups -OCH3 is 1. The second-order valence-electron chi connectivity index (χ2n) is 5.66. The van der Waals surface area contributed by atoms with E-state index in [1.807, 2.05) is 6.07 Å². The molecule has 1 aliphatic carbocycles. The molecule has 0 spiro atoms. The van der Waals surface area contributed by atoms with Gasteiger partial charge in [0, 0.05) is 12.0 Å². The highest BCUT2D eigenvalue weighted by Crippen LogP contribution is 2.42. The molecule has 0 saturated heterocycles. The van der Waals surface area contributed by atoms with Gasteiger partial charge in [-0.05, 0) is 52.4 Å². The highest BCUT2D eigenvalue weighted by Gasteiger charge is 2.35. The third-order valence-corrected chi connectivity index (χ3v) is 4.60. The van der Waals surface area contributed by atoms with E-state index in [4.69, 9.17) is 10.5 Å². The van der Waals surface area contributed by atoms with Crippen molar-refractivity contribution in [1.82, 2.24) is 0 Å². The molecule has 1 saturated carbocycles. The van der Waals surface area contributed by atoms with Crippen molar-refractivity contribution in [3.63, 3.8) is 0 Å². The minimum Gasteiger partial charge on any atom is -0.496 e. The predicted molar refractivity (Wildman–Crippen MR) is 80.3 cm³/mol. The summed E-state index contributed by atoms with van der Waals surface area (Å²) >= 11 is 3.50. The summed E-state index contributed by atoms with van der Waals surface area (Å²) in [5, 5.41) is 9.77. The smallest absolute Gasteiger partial charge is 0.133 e. The zero-order chi connectivity index (χ0) is 13.9. The summed E-state index contributed by atoms with van der Waals surface area (Å²) in [6, 6.07) is 6.07. The van der Waals surface area contributed by atoms with Gasteiger partial charge in [0.2, 0.25) is 0 Å². The Morgan fingerprint density at radius 2 is 2.21 bits per heavy atom. The second-order valence-corrected chi connectivity index (χ2v) is 6.51. The topological polar surface area (TPSA) is 55.5 Å². The zero-order valence-corrected chi connectivity index (χ0v) is 12.9. The van der Waals surface area contributed by atoms with Crippen LogP contribution in [0.5, 0.6) is 5.75 Å². The summed E-state index contributed by atoms with van der Waals surface area (Å²) < 4.78 is 6.18. The van der Waals surface area contributed by atoms with Gasteiger partial charge in [-0.3, -0.25) is 0 Å². The summed E-state index contributed by atoms with van der Waals surface area (Å²) in [6.07, 6.45) is 4.42. The first kappa shape index (κ1) is 14.8. The van der Waals surface area contributed by atoms with Gasteiger partial charge in [-0.1, -0.05) is 18.9 Å². The molecule has 2 rings (SSSR count). The van der Waals surface area contributed by atoms with Crippen LogP contribution in [-0.4, -0.2) is 25.4 Å². The van der Waals surface area contributed by atoms with Crippen LogP contribution in [0.15, 0.2) is 22.7 Å². The predicted octanol–water partition coefficient (Wildman–Crippen LogP) is 2.74. The SMILES string of the molecule is COc1ccc(CC(CN)(CO)CC2CC2)cc1Br. The fourth-order valence-corrected chi connectivity index (χ4v) is 3.19. The first-order valence-corrected chi connectivity index (χ1v) is 7.55. The minimum atomic E-state index is -0.171. The average Bonchev–Trinajstić information content (AvgIpc) is 3.22. The van der Waals surface area contributed by atoms with Crippen molar-refractivity contribution in [2.75, 3.05) is 20.3 Å². The molecule has 3 nitrogen and oxygen atoms in total. The van der Waals surface area contributed by atoms with Crippen molar-refractivity contribution in [1.29, 1.82) is 0 Å². The lowest BCUT2D eigenvalue weighted by atomic mass is 9.78. The lowest BCUT2D eigenvalue weighted by molar-refractivity contribution is 0.115. The van der Waals surface area contributed by atoms with E-state index in [2.05, 4.69) is 28.1 Å². The molecule has 106 valence electrons. The molecule has 0 amide bonds. The molecule has 4 heteroatoms. The van der Waals surface area contributed by atoms with Gasteiger partial charge in [-0.15, -0.1) is 0 Å². The van der Waals surface area contributed by atoms with Gasteiger partial charge >= 0.3 is 0 Å². The van der Waals surface area contributed by atoms with Crippen LogP contribution in [0.1, 0.15) is 24.8 Å². The van der Waals surface area contributed by atoms with Gasteiger partial charge in [-0.2, -0.15) is 0 Å². The van der Waals surface area contributed by atoms with E-state index in [0.29, 0.717) is 6.54 Å². The average molecular weight is 328 g/mol. The Bertz CT molecular complexity index is 428. The van der Waals surface area contributed by atoms with E-state index in [0.717, 1.165) is 29.0 Å². The number of rotatable bonds is 7. The van der Waals surface area contributed by atoms with Crippen molar-refractivity contribution in [3.8, 4) is 5.75 Å². The summed E-state index contributed by atoms with van der Waals surface area (Å²) in [5.41, 5.74) is 6.96. The molecule has 0 radical (unpaired) electrons. The normalized spacial score (nSPS) is 18.1. The molecule has 1 unspecified atom stereocenters. The lowest BCUT2D eigenvalue weighted by Gasteiger charge is -2.31. The van der Waals surface area contributed by atoms with Crippen molar-refractivity contribution in [2.24, 2.45) is 17.1 Å². The fraction of sp³-hybridized carbons (Fsp3) is 0.600. The molecular formula is C15H22BrNO2. The van der Waals surface area contributed by atoms with E-state index in [-0.39, 0.29) is 12.0 Å². The molecule has 1 aromatic carbocycles. The largest absolute Gasteiger partial charge is 0.496 e. The Morgan fingerprint density at radius 3 is 2.68 bits per heavy atom. The summed E-state index contributed by atoms with van der Waals surface area (Å²) in [6.45, 7) is 0.688. The van der Waals surface area contributed by atoms with Crippen molar-refractivity contribution in [3.05, 3.63) is 28.2 Å². The standard InChI is InChI=1S/C15H22BrNO2/c1-19-14-5-4-12(6-13(14)16)8-15(9-17,10-18)7-11-2-3-11/h4-6,11,18H,2-3,7-10,17H2,1H3. The van der Waals surface area contributed by atoms with Crippen LogP contribution >= 0.6 is 15.9 Å². The molecule has 1 aliphatic rings. The number of aliphatic hydroxyl groups excluding tert-OH is 1. The van der Waals surface area contributed by atoms with E-state index in [1.54, 1.807) is 7.11 Å². The molecule has 3 N–H and O–H groups in total. The minimum absolute atomic E-state index is 0.156. The van der Waals surface area contributed by atoms with Gasteiger partial charge in [0.1, 0.15) is 5.75 Å². The molecule has 0 bridgehead atoms. The third kappa shape index (κ3) is 3.71. The Labute approximate surface area is 123 Å². The molecular weight excluding hydrogens is 306 g/mol. The van der Waals surface area contributed by atoms with Crippen LogP contribution in [0.2, 0.25) is 0 Å². The molecule has 0 aliphatic heterocycles. The summed E-state index contributed by atoms with van der Waals surface area (Å²) in [7, 11) is 1.66. The maximum absolute atomic E-state index is 9.77. The highest BCUT2D eigenvalue weighted by molar-refractivity contribution is 9.10. The second kappa shape index (κ2) is 6.25. The molecule has 1 atom stereocenters. The summed E-state index contributed by atoms with van der Waals surface area (Å²) in [5.74, 6) is 1.59. The van der Waals surface area contributed by atoms with Crippen LogP contribution < -0.4 is 10.5 Å². The molecule has 0 aromatic heterocycles.